The molecule has 1 aliphatic heterocycles. The molecule has 0 aliphatic carbocycles. The Balaban J connectivity index is 1.47. The van der Waals surface area contributed by atoms with Crippen LogP contribution in [0.25, 0.3) is 21.2 Å². The zero-order valence-electron chi connectivity index (χ0n) is 19.3. The first kappa shape index (κ1) is 23.3. The van der Waals surface area contributed by atoms with Gasteiger partial charge >= 0.3 is 6.03 Å². The minimum atomic E-state index is -0.561. The van der Waals surface area contributed by atoms with E-state index in [0.29, 0.717) is 23.7 Å². The van der Waals surface area contributed by atoms with Crippen LogP contribution in [-0.4, -0.2) is 42.2 Å². The minimum absolute atomic E-state index is 0.383. The summed E-state index contributed by atoms with van der Waals surface area (Å²) in [5.74, 6) is 0.517. The molecule has 0 atom stereocenters. The second-order valence-corrected chi connectivity index (χ2v) is 9.38. The number of fused-ring (bicyclic) bond motifs is 1. The van der Waals surface area contributed by atoms with E-state index in [1.54, 1.807) is 11.3 Å². The van der Waals surface area contributed by atoms with Gasteiger partial charge in [-0.2, -0.15) is 0 Å². The van der Waals surface area contributed by atoms with Crippen LogP contribution in [0.15, 0.2) is 60.1 Å². The SMILES string of the molecule is NCc1cccc(N(C(N)=O)c2ccc(-c3csc4c(CN5CCOCC5)cnc(N)c34)cc2)c1. The third-order valence-corrected chi connectivity index (χ3v) is 7.31. The Bertz CT molecular complexity index is 1350. The monoisotopic (exact) mass is 488 g/mol. The van der Waals surface area contributed by atoms with E-state index in [1.165, 1.54) is 10.5 Å². The Labute approximate surface area is 207 Å². The number of carbonyl (C=O) groups excluding carboxylic acids is 1. The number of anilines is 3. The van der Waals surface area contributed by atoms with Gasteiger partial charge in [-0.25, -0.2) is 9.78 Å². The minimum Gasteiger partial charge on any atom is -0.383 e. The molecule has 5 rings (SSSR count). The Kier molecular flexibility index (Phi) is 6.65. The topological polar surface area (TPSA) is 124 Å². The first-order valence-electron chi connectivity index (χ1n) is 11.5. The van der Waals surface area contributed by atoms with Gasteiger partial charge in [0.2, 0.25) is 0 Å². The van der Waals surface area contributed by atoms with Crippen LogP contribution in [0.1, 0.15) is 11.1 Å². The first-order valence-corrected chi connectivity index (χ1v) is 12.4. The fourth-order valence-electron chi connectivity index (χ4n) is 4.46. The number of benzene rings is 2. The van der Waals surface area contributed by atoms with Crippen molar-refractivity contribution in [3.8, 4) is 11.1 Å². The predicted molar refractivity (Wildman–Crippen MR) is 142 cm³/mol. The second-order valence-electron chi connectivity index (χ2n) is 8.51. The quantitative estimate of drug-likeness (QED) is 0.376. The lowest BCUT2D eigenvalue weighted by molar-refractivity contribution is 0.0343. The third kappa shape index (κ3) is 4.71. The number of morpholine rings is 1. The molecule has 0 spiro atoms. The molecule has 180 valence electrons. The first-order chi connectivity index (χ1) is 17.0. The summed E-state index contributed by atoms with van der Waals surface area (Å²) >= 11 is 1.68. The number of primary amides is 1. The third-order valence-electron chi connectivity index (χ3n) is 6.26. The molecule has 0 radical (unpaired) electrons. The molecule has 3 heterocycles. The second kappa shape index (κ2) is 10.0. The number of nitrogens with two attached hydrogens (primary N) is 3. The standard InChI is InChI=1S/C26H28N6O2S/c27-13-17-2-1-3-21(12-17)32(26(29)33)20-6-4-18(5-7-20)22-16-35-24-19(14-30-25(28)23(22)24)15-31-8-10-34-11-9-31/h1-7,12,14,16H,8-11,13,15,27H2,(H2,28,30)(H2,29,33). The van der Waals surface area contributed by atoms with Crippen LogP contribution >= 0.6 is 11.3 Å². The predicted octanol–water partition coefficient (Wildman–Crippen LogP) is 4.05. The van der Waals surface area contributed by atoms with Crippen molar-refractivity contribution in [2.75, 3.05) is 36.9 Å². The highest BCUT2D eigenvalue weighted by molar-refractivity contribution is 7.18. The number of amides is 2. The number of nitrogen functional groups attached to an aromatic ring is 1. The Morgan fingerprint density at radius 2 is 1.89 bits per heavy atom. The zero-order chi connectivity index (χ0) is 24.4. The molecule has 0 bridgehead atoms. The number of thiophene rings is 1. The number of nitrogens with zero attached hydrogens (tertiary/aromatic N) is 3. The average Bonchev–Trinajstić information content (AvgIpc) is 3.33. The van der Waals surface area contributed by atoms with E-state index in [-0.39, 0.29) is 0 Å². The van der Waals surface area contributed by atoms with Gasteiger partial charge in [0.1, 0.15) is 5.82 Å². The largest absolute Gasteiger partial charge is 0.383 e. The van der Waals surface area contributed by atoms with Crippen LogP contribution in [0.2, 0.25) is 0 Å². The number of pyridine rings is 1. The summed E-state index contributed by atoms with van der Waals surface area (Å²) in [5, 5.41) is 3.09. The lowest BCUT2D eigenvalue weighted by atomic mass is 10.0. The van der Waals surface area contributed by atoms with Gasteiger partial charge in [-0.15, -0.1) is 11.3 Å². The lowest BCUT2D eigenvalue weighted by Crippen LogP contribution is -2.35. The van der Waals surface area contributed by atoms with Gasteiger partial charge in [0.25, 0.3) is 0 Å². The summed E-state index contributed by atoms with van der Waals surface area (Å²) in [6.07, 6.45) is 1.89. The summed E-state index contributed by atoms with van der Waals surface area (Å²) < 4.78 is 6.63. The Morgan fingerprint density at radius 3 is 2.60 bits per heavy atom. The molecule has 2 aromatic carbocycles. The van der Waals surface area contributed by atoms with Crippen LogP contribution in [0, 0.1) is 0 Å². The van der Waals surface area contributed by atoms with Crippen LogP contribution in [0.4, 0.5) is 22.0 Å². The maximum atomic E-state index is 12.3. The molecule has 6 N–H and O–H groups in total. The van der Waals surface area contributed by atoms with Gasteiger partial charge in [0, 0.05) is 53.6 Å². The number of carbonyl (C=O) groups is 1. The van der Waals surface area contributed by atoms with Gasteiger partial charge in [0.05, 0.1) is 24.6 Å². The average molecular weight is 489 g/mol. The van der Waals surface area contributed by atoms with E-state index in [2.05, 4.69) is 15.3 Å². The maximum Gasteiger partial charge on any atom is 0.323 e. The molecule has 1 aliphatic rings. The molecule has 1 saturated heterocycles. The summed E-state index contributed by atoms with van der Waals surface area (Å²) in [6, 6.07) is 14.7. The normalized spacial score (nSPS) is 14.3. The van der Waals surface area contributed by atoms with E-state index >= 15 is 0 Å². The Morgan fingerprint density at radius 1 is 1.11 bits per heavy atom. The van der Waals surface area contributed by atoms with E-state index in [1.807, 2.05) is 54.7 Å². The van der Waals surface area contributed by atoms with Crippen LogP contribution in [-0.2, 0) is 17.8 Å². The highest BCUT2D eigenvalue weighted by Crippen LogP contribution is 2.39. The van der Waals surface area contributed by atoms with Crippen LogP contribution in [0.5, 0.6) is 0 Å². The van der Waals surface area contributed by atoms with Crippen molar-refractivity contribution < 1.29 is 9.53 Å². The van der Waals surface area contributed by atoms with Crippen LogP contribution < -0.4 is 22.1 Å². The fraction of sp³-hybridized carbons (Fsp3) is 0.231. The van der Waals surface area contributed by atoms with Crippen molar-refractivity contribution in [2.24, 2.45) is 11.5 Å². The molecule has 35 heavy (non-hydrogen) atoms. The number of hydrogen-bond acceptors (Lipinski definition) is 7. The van der Waals surface area contributed by atoms with E-state index in [0.717, 1.165) is 59.6 Å². The highest BCUT2D eigenvalue weighted by Gasteiger charge is 2.19. The van der Waals surface area contributed by atoms with E-state index < -0.39 is 6.03 Å². The summed E-state index contributed by atoms with van der Waals surface area (Å²) in [4.78, 5) is 20.7. The Hall–Kier alpha value is -3.50. The molecular weight excluding hydrogens is 460 g/mol. The summed E-state index contributed by atoms with van der Waals surface area (Å²) in [5.41, 5.74) is 23.3. The molecule has 9 heteroatoms. The van der Waals surface area contributed by atoms with Crippen molar-refractivity contribution >= 4 is 44.6 Å². The van der Waals surface area contributed by atoms with Crippen molar-refractivity contribution in [2.45, 2.75) is 13.1 Å². The number of rotatable bonds is 6. The molecule has 8 nitrogen and oxygen atoms in total. The van der Waals surface area contributed by atoms with Crippen molar-refractivity contribution in [1.82, 2.24) is 9.88 Å². The molecule has 1 fully saturated rings. The zero-order valence-corrected chi connectivity index (χ0v) is 20.1. The van der Waals surface area contributed by atoms with Gasteiger partial charge < -0.3 is 21.9 Å². The van der Waals surface area contributed by atoms with E-state index in [4.69, 9.17) is 21.9 Å². The number of urea groups is 1. The molecule has 4 aromatic rings. The summed E-state index contributed by atoms with van der Waals surface area (Å²) in [7, 11) is 0. The van der Waals surface area contributed by atoms with Crippen molar-refractivity contribution in [3.63, 3.8) is 0 Å². The number of aromatic nitrogens is 1. The van der Waals surface area contributed by atoms with Gasteiger partial charge in [-0.3, -0.25) is 9.80 Å². The van der Waals surface area contributed by atoms with E-state index in [9.17, 15) is 4.79 Å². The molecule has 0 saturated carbocycles. The van der Waals surface area contributed by atoms with Crippen molar-refractivity contribution in [3.05, 3.63) is 71.2 Å². The molecule has 2 amide bonds. The highest BCUT2D eigenvalue weighted by atomic mass is 32.1. The fourth-order valence-corrected chi connectivity index (χ4v) is 5.55. The van der Waals surface area contributed by atoms with Crippen LogP contribution in [0.3, 0.4) is 0 Å². The molecule has 2 aromatic heterocycles. The maximum absolute atomic E-state index is 12.3. The van der Waals surface area contributed by atoms with Gasteiger partial charge in [0.15, 0.2) is 0 Å². The smallest absolute Gasteiger partial charge is 0.323 e. The number of hydrogen-bond donors (Lipinski definition) is 3. The molecular formula is C26H28N6O2S. The summed E-state index contributed by atoms with van der Waals surface area (Å²) in [6.45, 7) is 4.54. The molecule has 0 unspecified atom stereocenters. The van der Waals surface area contributed by atoms with Crippen molar-refractivity contribution in [1.29, 1.82) is 0 Å². The number of ether oxygens (including phenoxy) is 1. The van der Waals surface area contributed by atoms with Gasteiger partial charge in [-0.05, 0) is 40.8 Å². The lowest BCUT2D eigenvalue weighted by Gasteiger charge is -2.26. The van der Waals surface area contributed by atoms with Gasteiger partial charge in [-0.1, -0.05) is 24.3 Å².